The average Bonchev–Trinajstić information content (AvgIpc) is 2.90. The largest absolute Gasteiger partial charge is 0.573 e. The van der Waals surface area contributed by atoms with Crippen molar-refractivity contribution in [1.82, 2.24) is 0 Å². The lowest BCUT2D eigenvalue weighted by Gasteiger charge is -2.12. The number of halogens is 3. The zero-order valence-electron chi connectivity index (χ0n) is 10.6. The Labute approximate surface area is 117 Å². The van der Waals surface area contributed by atoms with Gasteiger partial charge in [0.25, 0.3) is 0 Å². The van der Waals surface area contributed by atoms with Gasteiger partial charge in [0.05, 0.1) is 12.0 Å². The molecule has 0 aliphatic rings. The lowest BCUT2D eigenvalue weighted by atomic mass is 10.3. The number of alkyl halides is 3. The number of nitrogens with one attached hydrogen (secondary N) is 1. The Morgan fingerprint density at radius 3 is 2.62 bits per heavy atom. The number of anilines is 1. The van der Waals surface area contributed by atoms with Crippen molar-refractivity contribution in [3.63, 3.8) is 0 Å². The molecular formula is C14H10F3NO3. The molecule has 1 heterocycles. The summed E-state index contributed by atoms with van der Waals surface area (Å²) in [6.07, 6.45) is -0.860. The summed E-state index contributed by atoms with van der Waals surface area (Å²) in [5.74, 6) is -0.639. The summed E-state index contributed by atoms with van der Waals surface area (Å²) in [6.45, 7) is 0. The van der Waals surface area contributed by atoms with Gasteiger partial charge in [-0.05, 0) is 30.3 Å². The number of hydrogen-bond acceptors (Lipinski definition) is 3. The highest BCUT2D eigenvalue weighted by Crippen LogP contribution is 2.29. The number of furan rings is 1. The van der Waals surface area contributed by atoms with Crippen LogP contribution >= 0.6 is 0 Å². The molecule has 0 unspecified atom stereocenters. The summed E-state index contributed by atoms with van der Waals surface area (Å²) in [5, 5.41) is 2.30. The van der Waals surface area contributed by atoms with E-state index in [9.17, 15) is 18.0 Å². The van der Waals surface area contributed by atoms with Crippen LogP contribution in [0.4, 0.5) is 18.9 Å². The van der Waals surface area contributed by atoms with Crippen molar-refractivity contribution in [1.29, 1.82) is 0 Å². The Bertz CT molecular complexity index is 633. The first-order valence-electron chi connectivity index (χ1n) is 5.81. The van der Waals surface area contributed by atoms with Crippen LogP contribution in [0.5, 0.6) is 5.75 Å². The van der Waals surface area contributed by atoms with Gasteiger partial charge < -0.3 is 14.5 Å². The van der Waals surface area contributed by atoms with Crippen LogP contribution < -0.4 is 10.1 Å². The highest BCUT2D eigenvalue weighted by molar-refractivity contribution is 6.02. The summed E-state index contributed by atoms with van der Waals surface area (Å²) in [7, 11) is 0. The molecule has 7 heteroatoms. The van der Waals surface area contributed by atoms with Crippen LogP contribution in [0.1, 0.15) is 5.76 Å². The van der Waals surface area contributed by atoms with Crippen molar-refractivity contribution in [3.05, 3.63) is 54.5 Å². The molecule has 0 atom stereocenters. The first-order valence-corrected chi connectivity index (χ1v) is 5.81. The van der Waals surface area contributed by atoms with Gasteiger partial charge >= 0.3 is 6.36 Å². The Kier molecular flexibility index (Phi) is 4.32. The van der Waals surface area contributed by atoms with E-state index in [0.717, 1.165) is 12.1 Å². The SMILES string of the molecule is O=C(/C=C/c1ccco1)Nc1ccccc1OC(F)(F)F. The standard InChI is InChI=1S/C14H10F3NO3/c15-14(16,17)21-12-6-2-1-5-11(12)18-13(19)8-7-10-4-3-9-20-10/h1-9H,(H,18,19)/b8-7+. The Balaban J connectivity index is 2.07. The summed E-state index contributed by atoms with van der Waals surface area (Å²) >= 11 is 0. The molecule has 0 aliphatic carbocycles. The molecule has 21 heavy (non-hydrogen) atoms. The first-order chi connectivity index (χ1) is 9.94. The van der Waals surface area contributed by atoms with Gasteiger partial charge in [-0.1, -0.05) is 12.1 Å². The second-order valence-electron chi connectivity index (χ2n) is 3.88. The minimum absolute atomic E-state index is 0.0797. The smallest absolute Gasteiger partial charge is 0.465 e. The maximum Gasteiger partial charge on any atom is 0.573 e. The van der Waals surface area contributed by atoms with Crippen molar-refractivity contribution in [2.75, 3.05) is 5.32 Å². The van der Waals surface area contributed by atoms with Gasteiger partial charge in [0, 0.05) is 6.08 Å². The fourth-order valence-corrected chi connectivity index (χ4v) is 1.50. The molecule has 0 radical (unpaired) electrons. The molecule has 0 saturated carbocycles. The van der Waals surface area contributed by atoms with Crippen LogP contribution in [0.15, 0.2) is 53.2 Å². The minimum atomic E-state index is -4.83. The first kappa shape index (κ1) is 14.7. The number of carbonyl (C=O) groups is 1. The van der Waals surface area contributed by atoms with Gasteiger partial charge in [-0.3, -0.25) is 4.79 Å². The molecule has 1 N–H and O–H groups in total. The Hall–Kier alpha value is -2.70. The molecule has 2 rings (SSSR count). The van der Waals surface area contributed by atoms with E-state index >= 15 is 0 Å². The van der Waals surface area contributed by atoms with Crippen LogP contribution in [-0.2, 0) is 4.79 Å². The number of para-hydroxylation sites is 2. The molecule has 0 spiro atoms. The van der Waals surface area contributed by atoms with Crippen molar-refractivity contribution in [2.24, 2.45) is 0 Å². The Morgan fingerprint density at radius 1 is 1.19 bits per heavy atom. The molecule has 4 nitrogen and oxygen atoms in total. The third-order valence-corrected chi connectivity index (χ3v) is 2.31. The molecule has 0 fully saturated rings. The monoisotopic (exact) mass is 297 g/mol. The van der Waals surface area contributed by atoms with Gasteiger partial charge in [0.1, 0.15) is 5.76 Å². The minimum Gasteiger partial charge on any atom is -0.465 e. The van der Waals surface area contributed by atoms with E-state index in [1.54, 1.807) is 12.1 Å². The predicted octanol–water partition coefficient (Wildman–Crippen LogP) is 3.83. The van der Waals surface area contributed by atoms with Gasteiger partial charge in [0.15, 0.2) is 5.75 Å². The van der Waals surface area contributed by atoms with Gasteiger partial charge in [-0.2, -0.15) is 0 Å². The van der Waals surface area contributed by atoms with E-state index in [2.05, 4.69) is 10.1 Å². The lowest BCUT2D eigenvalue weighted by Crippen LogP contribution is -2.19. The van der Waals surface area contributed by atoms with Gasteiger partial charge in [-0.25, -0.2) is 0 Å². The topological polar surface area (TPSA) is 51.5 Å². The molecule has 0 saturated heterocycles. The van der Waals surface area contributed by atoms with E-state index in [1.165, 1.54) is 30.5 Å². The van der Waals surface area contributed by atoms with Crippen molar-refractivity contribution >= 4 is 17.7 Å². The average molecular weight is 297 g/mol. The number of amides is 1. The van der Waals surface area contributed by atoms with Crippen LogP contribution in [0.3, 0.4) is 0 Å². The summed E-state index contributed by atoms with van der Waals surface area (Å²) in [4.78, 5) is 11.6. The van der Waals surface area contributed by atoms with Crippen LogP contribution in [0.2, 0.25) is 0 Å². The second kappa shape index (κ2) is 6.17. The number of ether oxygens (including phenoxy) is 1. The fraction of sp³-hybridized carbons (Fsp3) is 0.0714. The maximum atomic E-state index is 12.2. The summed E-state index contributed by atoms with van der Waals surface area (Å²) < 4.78 is 45.5. The normalized spacial score (nSPS) is 11.6. The van der Waals surface area contributed by atoms with Crippen molar-refractivity contribution in [2.45, 2.75) is 6.36 Å². The second-order valence-corrected chi connectivity index (χ2v) is 3.88. The van der Waals surface area contributed by atoms with Gasteiger partial charge in [-0.15, -0.1) is 13.2 Å². The van der Waals surface area contributed by atoms with Crippen molar-refractivity contribution in [3.8, 4) is 5.75 Å². The number of benzene rings is 1. The van der Waals surface area contributed by atoms with Crippen LogP contribution in [0, 0.1) is 0 Å². The van der Waals surface area contributed by atoms with E-state index < -0.39 is 18.0 Å². The third kappa shape index (κ3) is 4.72. The molecule has 2 aromatic rings. The maximum absolute atomic E-state index is 12.2. The van der Waals surface area contributed by atoms with Crippen molar-refractivity contribution < 1.29 is 27.1 Å². The van der Waals surface area contributed by atoms with Crippen LogP contribution in [0.25, 0.3) is 6.08 Å². The number of hydrogen-bond donors (Lipinski definition) is 1. The third-order valence-electron chi connectivity index (χ3n) is 2.31. The van der Waals surface area contributed by atoms with E-state index in [0.29, 0.717) is 5.76 Å². The summed E-state index contributed by atoms with van der Waals surface area (Å²) in [5.41, 5.74) is -0.0797. The molecule has 110 valence electrons. The molecule has 1 aromatic heterocycles. The summed E-state index contributed by atoms with van der Waals surface area (Å²) in [6, 6.07) is 8.54. The quantitative estimate of drug-likeness (QED) is 0.873. The predicted molar refractivity (Wildman–Crippen MR) is 69.5 cm³/mol. The van der Waals surface area contributed by atoms with E-state index in [1.807, 2.05) is 0 Å². The van der Waals surface area contributed by atoms with Crippen LogP contribution in [-0.4, -0.2) is 12.3 Å². The molecule has 0 aliphatic heterocycles. The lowest BCUT2D eigenvalue weighted by molar-refractivity contribution is -0.274. The van der Waals surface area contributed by atoms with E-state index in [4.69, 9.17) is 4.42 Å². The number of rotatable bonds is 4. The molecule has 1 aromatic carbocycles. The Morgan fingerprint density at radius 2 is 1.95 bits per heavy atom. The van der Waals surface area contributed by atoms with Gasteiger partial charge in [0.2, 0.25) is 5.91 Å². The molecular weight excluding hydrogens is 287 g/mol. The fourth-order valence-electron chi connectivity index (χ4n) is 1.50. The highest BCUT2D eigenvalue weighted by Gasteiger charge is 2.32. The molecule has 1 amide bonds. The zero-order chi connectivity index (χ0) is 15.3. The highest BCUT2D eigenvalue weighted by atomic mass is 19.4. The number of carbonyl (C=O) groups excluding carboxylic acids is 1. The van der Waals surface area contributed by atoms with E-state index in [-0.39, 0.29) is 5.69 Å². The molecule has 0 bridgehead atoms. The zero-order valence-corrected chi connectivity index (χ0v) is 10.6.